The van der Waals surface area contributed by atoms with Crippen LogP contribution in [0, 0.1) is 13.8 Å². The molecule has 152 valence electrons. The van der Waals surface area contributed by atoms with Crippen LogP contribution < -0.4 is 0 Å². The van der Waals surface area contributed by atoms with Gasteiger partial charge in [0.25, 0.3) is 0 Å². The van der Waals surface area contributed by atoms with Crippen LogP contribution in [0.2, 0.25) is 0 Å². The quantitative estimate of drug-likeness (QED) is 0.529. The van der Waals surface area contributed by atoms with Crippen LogP contribution in [0.5, 0.6) is 0 Å². The molecular formula is C18H24N4O3S3. The molecule has 2 aliphatic rings. The van der Waals surface area contributed by atoms with Crippen LogP contribution in [0.1, 0.15) is 16.9 Å². The first kappa shape index (κ1) is 20.1. The standard InChI is InChI=1S/C18H24N4O3S3/c1-12-13(2)27-18-16(12)17(19-11-20-18)26-9-15(23)22-6-4-21(5-7-22)14-3-8-28(24,25)10-14/h11,14H,3-10H2,1-2H3/t14-/m0/s1. The molecule has 10 heteroatoms. The molecule has 0 aromatic carbocycles. The van der Waals surface area contributed by atoms with Gasteiger partial charge < -0.3 is 4.90 Å². The fraction of sp³-hybridized carbons (Fsp3) is 0.611. The van der Waals surface area contributed by atoms with Crippen molar-refractivity contribution >= 4 is 49.1 Å². The first-order chi connectivity index (χ1) is 13.3. The van der Waals surface area contributed by atoms with Gasteiger partial charge >= 0.3 is 0 Å². The number of hydrogen-bond donors (Lipinski definition) is 0. The van der Waals surface area contributed by atoms with Crippen LogP contribution >= 0.6 is 23.1 Å². The van der Waals surface area contributed by atoms with Crippen molar-refractivity contribution in [2.45, 2.75) is 31.3 Å². The molecule has 0 radical (unpaired) electrons. The summed E-state index contributed by atoms with van der Waals surface area (Å²) >= 11 is 3.14. The number of carbonyl (C=O) groups is 1. The minimum absolute atomic E-state index is 0.111. The maximum absolute atomic E-state index is 12.7. The van der Waals surface area contributed by atoms with Gasteiger partial charge in [-0.15, -0.1) is 11.3 Å². The van der Waals surface area contributed by atoms with Gasteiger partial charge in [0.1, 0.15) is 16.2 Å². The van der Waals surface area contributed by atoms with E-state index in [-0.39, 0.29) is 17.7 Å². The Morgan fingerprint density at radius 1 is 1.25 bits per heavy atom. The Labute approximate surface area is 173 Å². The Morgan fingerprint density at radius 3 is 2.68 bits per heavy atom. The highest BCUT2D eigenvalue weighted by molar-refractivity contribution is 8.00. The number of nitrogens with zero attached hydrogens (tertiary/aromatic N) is 4. The summed E-state index contributed by atoms with van der Waals surface area (Å²) in [5.41, 5.74) is 1.19. The highest BCUT2D eigenvalue weighted by Crippen LogP contribution is 2.34. The molecule has 4 rings (SSSR count). The van der Waals surface area contributed by atoms with E-state index in [1.54, 1.807) is 17.7 Å². The van der Waals surface area contributed by atoms with Crippen molar-refractivity contribution in [3.8, 4) is 0 Å². The Kier molecular flexibility index (Phi) is 5.65. The van der Waals surface area contributed by atoms with Crippen LogP contribution in [0.3, 0.4) is 0 Å². The van der Waals surface area contributed by atoms with E-state index >= 15 is 0 Å². The number of thiophene rings is 1. The fourth-order valence-electron chi connectivity index (χ4n) is 3.88. The highest BCUT2D eigenvalue weighted by atomic mass is 32.2. The second-order valence-corrected chi connectivity index (χ2v) is 11.8. The number of thioether (sulfide) groups is 1. The summed E-state index contributed by atoms with van der Waals surface area (Å²) < 4.78 is 23.4. The summed E-state index contributed by atoms with van der Waals surface area (Å²) in [7, 11) is -2.87. The predicted molar refractivity (Wildman–Crippen MR) is 113 cm³/mol. The number of fused-ring (bicyclic) bond motifs is 1. The molecular weight excluding hydrogens is 416 g/mol. The van der Waals surface area contributed by atoms with E-state index in [9.17, 15) is 13.2 Å². The van der Waals surface area contributed by atoms with Crippen molar-refractivity contribution in [3.63, 3.8) is 0 Å². The van der Waals surface area contributed by atoms with Gasteiger partial charge in [-0.1, -0.05) is 11.8 Å². The molecule has 2 fully saturated rings. The third kappa shape index (κ3) is 4.05. The van der Waals surface area contributed by atoms with E-state index in [0.717, 1.165) is 34.8 Å². The number of aromatic nitrogens is 2. The van der Waals surface area contributed by atoms with E-state index in [1.807, 2.05) is 4.90 Å². The highest BCUT2D eigenvalue weighted by Gasteiger charge is 2.34. The Balaban J connectivity index is 1.33. The minimum atomic E-state index is -2.87. The van der Waals surface area contributed by atoms with Crippen LogP contribution in [0.4, 0.5) is 0 Å². The van der Waals surface area contributed by atoms with E-state index in [1.165, 1.54) is 22.2 Å². The first-order valence-electron chi connectivity index (χ1n) is 9.40. The van der Waals surface area contributed by atoms with Crippen molar-refractivity contribution in [1.29, 1.82) is 0 Å². The Morgan fingerprint density at radius 2 is 2.00 bits per heavy atom. The van der Waals surface area contributed by atoms with Crippen molar-refractivity contribution in [2.75, 3.05) is 43.4 Å². The average Bonchev–Trinajstić information content (AvgIpc) is 3.19. The lowest BCUT2D eigenvalue weighted by molar-refractivity contribution is -0.130. The van der Waals surface area contributed by atoms with E-state index in [4.69, 9.17) is 0 Å². The molecule has 0 bridgehead atoms. The monoisotopic (exact) mass is 440 g/mol. The lowest BCUT2D eigenvalue weighted by Gasteiger charge is -2.37. The fourth-order valence-corrected chi connectivity index (χ4v) is 7.66. The molecule has 0 N–H and O–H groups in total. The smallest absolute Gasteiger partial charge is 0.233 e. The predicted octanol–water partition coefficient (Wildman–Crippen LogP) is 1.73. The maximum Gasteiger partial charge on any atom is 0.233 e. The van der Waals surface area contributed by atoms with Gasteiger partial charge in [-0.05, 0) is 25.8 Å². The van der Waals surface area contributed by atoms with E-state index in [0.29, 0.717) is 24.6 Å². The summed E-state index contributed by atoms with van der Waals surface area (Å²) in [5, 5.41) is 1.94. The van der Waals surface area contributed by atoms with E-state index < -0.39 is 9.84 Å². The Hall–Kier alpha value is -1.23. The van der Waals surface area contributed by atoms with Crippen LogP contribution in [-0.4, -0.2) is 83.6 Å². The van der Waals surface area contributed by atoms with Gasteiger partial charge in [-0.3, -0.25) is 9.69 Å². The largest absolute Gasteiger partial charge is 0.339 e. The number of amides is 1. The van der Waals surface area contributed by atoms with E-state index in [2.05, 4.69) is 28.7 Å². The molecule has 0 unspecified atom stereocenters. The van der Waals surface area contributed by atoms with Gasteiger partial charge in [0.2, 0.25) is 5.91 Å². The zero-order valence-corrected chi connectivity index (χ0v) is 18.5. The molecule has 1 atom stereocenters. The number of sulfone groups is 1. The third-order valence-electron chi connectivity index (χ3n) is 5.65. The number of rotatable bonds is 4. The SMILES string of the molecule is Cc1sc2ncnc(SCC(=O)N3CCN([C@H]4CCS(=O)(=O)C4)CC3)c2c1C. The molecule has 4 heterocycles. The number of aryl methyl sites for hydroxylation is 2. The molecule has 0 saturated carbocycles. The third-order valence-corrected chi connectivity index (χ3v) is 9.49. The zero-order valence-electron chi connectivity index (χ0n) is 16.0. The Bertz CT molecular complexity index is 997. The van der Waals surface area contributed by atoms with Crippen LogP contribution in [0.25, 0.3) is 10.2 Å². The van der Waals surface area contributed by atoms with Gasteiger partial charge in [0.15, 0.2) is 9.84 Å². The molecule has 2 aliphatic heterocycles. The molecule has 2 aromatic rings. The number of piperazine rings is 1. The van der Waals surface area contributed by atoms with Crippen LogP contribution in [-0.2, 0) is 14.6 Å². The first-order valence-corrected chi connectivity index (χ1v) is 13.0. The minimum Gasteiger partial charge on any atom is -0.339 e. The molecule has 0 spiro atoms. The number of hydrogen-bond acceptors (Lipinski definition) is 8. The van der Waals surface area contributed by atoms with Crippen molar-refractivity contribution in [3.05, 3.63) is 16.8 Å². The average molecular weight is 441 g/mol. The summed E-state index contributed by atoms with van der Waals surface area (Å²) in [5.74, 6) is 1.03. The maximum atomic E-state index is 12.7. The summed E-state index contributed by atoms with van der Waals surface area (Å²) in [6.45, 7) is 6.97. The van der Waals surface area contributed by atoms with Gasteiger partial charge in [-0.25, -0.2) is 18.4 Å². The lowest BCUT2D eigenvalue weighted by atomic mass is 10.2. The molecule has 2 saturated heterocycles. The molecule has 1 amide bonds. The molecule has 0 aliphatic carbocycles. The molecule has 28 heavy (non-hydrogen) atoms. The number of carbonyl (C=O) groups excluding carboxylic acids is 1. The van der Waals surface area contributed by atoms with Crippen molar-refractivity contribution < 1.29 is 13.2 Å². The second-order valence-electron chi connectivity index (χ2n) is 7.40. The summed E-state index contributed by atoms with van der Waals surface area (Å²) in [6, 6.07) is 0.121. The second kappa shape index (κ2) is 7.89. The topological polar surface area (TPSA) is 83.5 Å². The zero-order chi connectivity index (χ0) is 19.9. The normalized spacial score (nSPS) is 22.8. The van der Waals surface area contributed by atoms with Crippen molar-refractivity contribution in [1.82, 2.24) is 19.8 Å². The van der Waals surface area contributed by atoms with Crippen LogP contribution in [0.15, 0.2) is 11.4 Å². The van der Waals surface area contributed by atoms with Gasteiger partial charge in [0.05, 0.1) is 17.3 Å². The van der Waals surface area contributed by atoms with Gasteiger partial charge in [0, 0.05) is 42.5 Å². The van der Waals surface area contributed by atoms with Gasteiger partial charge in [-0.2, -0.15) is 0 Å². The molecule has 2 aromatic heterocycles. The summed E-state index contributed by atoms with van der Waals surface area (Å²) in [6.07, 6.45) is 2.29. The molecule has 7 nitrogen and oxygen atoms in total. The van der Waals surface area contributed by atoms with Crippen molar-refractivity contribution in [2.24, 2.45) is 0 Å². The lowest BCUT2D eigenvalue weighted by Crippen LogP contribution is -2.52. The summed E-state index contributed by atoms with van der Waals surface area (Å²) in [4.78, 5) is 27.7.